The molecule has 1 rings (SSSR count). The summed E-state index contributed by atoms with van der Waals surface area (Å²) < 4.78 is 5.17. The van der Waals surface area contributed by atoms with Gasteiger partial charge in [-0.05, 0) is 31.8 Å². The predicted octanol–water partition coefficient (Wildman–Crippen LogP) is 2.54. The molecule has 0 aliphatic carbocycles. The second-order valence-electron chi connectivity index (χ2n) is 3.41. The molecule has 0 saturated heterocycles. The quantitative estimate of drug-likeness (QED) is 0.713. The molecule has 0 spiro atoms. The lowest BCUT2D eigenvalue weighted by Crippen LogP contribution is -2.21. The molecule has 1 aromatic rings. The van der Waals surface area contributed by atoms with Gasteiger partial charge in [0.2, 0.25) is 0 Å². The van der Waals surface area contributed by atoms with Crippen molar-refractivity contribution in [1.82, 2.24) is 4.90 Å². The summed E-state index contributed by atoms with van der Waals surface area (Å²) in [6.45, 7) is 0. The van der Waals surface area contributed by atoms with Crippen LogP contribution in [0.3, 0.4) is 0 Å². The fourth-order valence-electron chi connectivity index (χ4n) is 1.37. The smallest absolute Gasteiger partial charge is 0.119 e. The monoisotopic (exact) mass is 213 g/mol. The predicted molar refractivity (Wildman–Crippen MR) is 60.1 cm³/mol. The molecule has 0 fully saturated rings. The Morgan fingerprint density at radius 1 is 1.43 bits per heavy atom. The Balaban J connectivity index is 2.92. The maximum atomic E-state index is 5.91. The summed E-state index contributed by atoms with van der Waals surface area (Å²) in [4.78, 5) is 2.10. The molecule has 2 nitrogen and oxygen atoms in total. The lowest BCUT2D eigenvalue weighted by molar-refractivity contribution is 0.323. The van der Waals surface area contributed by atoms with Crippen molar-refractivity contribution in [2.45, 2.75) is 6.04 Å². The van der Waals surface area contributed by atoms with Crippen LogP contribution >= 0.6 is 11.6 Å². The summed E-state index contributed by atoms with van der Waals surface area (Å²) in [5.74, 6) is 1.46. The third-order valence-electron chi connectivity index (χ3n) is 2.25. The molecule has 0 heterocycles. The van der Waals surface area contributed by atoms with Gasteiger partial charge in [-0.3, -0.25) is 0 Å². The zero-order valence-electron chi connectivity index (χ0n) is 8.83. The number of benzene rings is 1. The highest BCUT2D eigenvalue weighted by Crippen LogP contribution is 2.23. The van der Waals surface area contributed by atoms with E-state index in [-0.39, 0.29) is 6.04 Å². The van der Waals surface area contributed by atoms with Crippen molar-refractivity contribution in [3.8, 4) is 5.75 Å². The molecular formula is C11H16ClNO. The summed E-state index contributed by atoms with van der Waals surface area (Å²) in [5.41, 5.74) is 1.18. The summed E-state index contributed by atoms with van der Waals surface area (Å²) in [5, 5.41) is 0. The van der Waals surface area contributed by atoms with E-state index in [9.17, 15) is 0 Å². The SMILES string of the molecule is COc1cccc(C(CCl)N(C)C)c1. The van der Waals surface area contributed by atoms with Crippen LogP contribution in [0.15, 0.2) is 24.3 Å². The molecule has 1 unspecified atom stereocenters. The van der Waals surface area contributed by atoms with Crippen molar-refractivity contribution < 1.29 is 4.74 Å². The molecule has 0 radical (unpaired) electrons. The van der Waals surface area contributed by atoms with E-state index in [2.05, 4.69) is 11.0 Å². The Morgan fingerprint density at radius 2 is 2.14 bits per heavy atom. The van der Waals surface area contributed by atoms with E-state index in [1.165, 1.54) is 5.56 Å². The third kappa shape index (κ3) is 2.63. The van der Waals surface area contributed by atoms with E-state index in [0.29, 0.717) is 5.88 Å². The fraction of sp³-hybridized carbons (Fsp3) is 0.455. The van der Waals surface area contributed by atoms with Crippen LogP contribution in [-0.2, 0) is 0 Å². The highest BCUT2D eigenvalue weighted by atomic mass is 35.5. The highest BCUT2D eigenvalue weighted by molar-refractivity contribution is 6.18. The molecule has 0 aliphatic rings. The molecular weight excluding hydrogens is 198 g/mol. The fourth-order valence-corrected chi connectivity index (χ4v) is 1.83. The number of alkyl halides is 1. The molecule has 1 atom stereocenters. The first-order chi connectivity index (χ1) is 6.69. The average molecular weight is 214 g/mol. The molecule has 3 heteroatoms. The number of nitrogens with zero attached hydrogens (tertiary/aromatic N) is 1. The van der Waals surface area contributed by atoms with Gasteiger partial charge in [0.25, 0.3) is 0 Å². The van der Waals surface area contributed by atoms with Gasteiger partial charge in [0.1, 0.15) is 5.75 Å². The van der Waals surface area contributed by atoms with Gasteiger partial charge in [0, 0.05) is 11.9 Å². The standard InChI is InChI=1S/C11H16ClNO/c1-13(2)11(8-12)9-5-4-6-10(7-9)14-3/h4-7,11H,8H2,1-3H3. The van der Waals surface area contributed by atoms with Crippen LogP contribution in [0, 0.1) is 0 Å². The largest absolute Gasteiger partial charge is 0.497 e. The van der Waals surface area contributed by atoms with E-state index in [4.69, 9.17) is 16.3 Å². The van der Waals surface area contributed by atoms with Gasteiger partial charge >= 0.3 is 0 Å². The topological polar surface area (TPSA) is 12.5 Å². The first kappa shape index (κ1) is 11.3. The van der Waals surface area contributed by atoms with E-state index in [1.54, 1.807) is 7.11 Å². The average Bonchev–Trinajstić information content (AvgIpc) is 2.19. The first-order valence-electron chi connectivity index (χ1n) is 4.55. The Morgan fingerprint density at radius 3 is 2.64 bits per heavy atom. The van der Waals surface area contributed by atoms with Gasteiger partial charge in [-0.2, -0.15) is 0 Å². The molecule has 0 amide bonds. The van der Waals surface area contributed by atoms with E-state index in [0.717, 1.165) is 5.75 Å². The van der Waals surface area contributed by atoms with E-state index >= 15 is 0 Å². The third-order valence-corrected chi connectivity index (χ3v) is 2.54. The number of halogens is 1. The molecule has 78 valence electrons. The molecule has 14 heavy (non-hydrogen) atoms. The molecule has 1 aromatic carbocycles. The Bertz CT molecular complexity index is 288. The Labute approximate surface area is 90.4 Å². The van der Waals surface area contributed by atoms with Crippen LogP contribution in [0.4, 0.5) is 0 Å². The van der Waals surface area contributed by atoms with Crippen LogP contribution < -0.4 is 4.74 Å². The molecule has 0 aliphatic heterocycles. The maximum Gasteiger partial charge on any atom is 0.119 e. The highest BCUT2D eigenvalue weighted by Gasteiger charge is 2.12. The number of methoxy groups -OCH3 is 1. The lowest BCUT2D eigenvalue weighted by Gasteiger charge is -2.22. The zero-order chi connectivity index (χ0) is 10.6. The summed E-state index contributed by atoms with van der Waals surface area (Å²) in [7, 11) is 5.71. The van der Waals surface area contributed by atoms with E-state index < -0.39 is 0 Å². The van der Waals surface area contributed by atoms with Crippen molar-refractivity contribution in [3.63, 3.8) is 0 Å². The van der Waals surface area contributed by atoms with Gasteiger partial charge in [-0.25, -0.2) is 0 Å². The van der Waals surface area contributed by atoms with E-state index in [1.807, 2.05) is 32.3 Å². The van der Waals surface area contributed by atoms with Crippen LogP contribution in [0.2, 0.25) is 0 Å². The second kappa shape index (κ2) is 5.23. The number of rotatable bonds is 4. The lowest BCUT2D eigenvalue weighted by atomic mass is 10.1. The van der Waals surface area contributed by atoms with Gasteiger partial charge < -0.3 is 9.64 Å². The van der Waals surface area contributed by atoms with Crippen LogP contribution in [0.1, 0.15) is 11.6 Å². The Hall–Kier alpha value is -0.730. The van der Waals surface area contributed by atoms with Crippen molar-refractivity contribution in [2.24, 2.45) is 0 Å². The van der Waals surface area contributed by atoms with Crippen molar-refractivity contribution in [1.29, 1.82) is 0 Å². The zero-order valence-corrected chi connectivity index (χ0v) is 9.58. The van der Waals surface area contributed by atoms with Crippen LogP contribution in [0.5, 0.6) is 5.75 Å². The van der Waals surface area contributed by atoms with Gasteiger partial charge in [-0.15, -0.1) is 11.6 Å². The van der Waals surface area contributed by atoms with Crippen LogP contribution in [0.25, 0.3) is 0 Å². The van der Waals surface area contributed by atoms with Gasteiger partial charge in [0.05, 0.1) is 7.11 Å². The van der Waals surface area contributed by atoms with Gasteiger partial charge in [0.15, 0.2) is 0 Å². The van der Waals surface area contributed by atoms with Crippen molar-refractivity contribution in [3.05, 3.63) is 29.8 Å². The molecule has 0 aromatic heterocycles. The minimum absolute atomic E-state index is 0.242. The molecule has 0 N–H and O–H groups in total. The first-order valence-corrected chi connectivity index (χ1v) is 5.09. The van der Waals surface area contributed by atoms with Gasteiger partial charge in [-0.1, -0.05) is 12.1 Å². The summed E-state index contributed by atoms with van der Waals surface area (Å²) >= 11 is 5.91. The Kier molecular flexibility index (Phi) is 4.23. The number of hydrogen-bond donors (Lipinski definition) is 0. The molecule has 0 saturated carbocycles. The number of ether oxygens (including phenoxy) is 1. The minimum atomic E-state index is 0.242. The van der Waals surface area contributed by atoms with Crippen molar-refractivity contribution in [2.75, 3.05) is 27.1 Å². The summed E-state index contributed by atoms with van der Waals surface area (Å²) in [6, 6.07) is 8.25. The second-order valence-corrected chi connectivity index (χ2v) is 3.72. The minimum Gasteiger partial charge on any atom is -0.497 e. The normalized spacial score (nSPS) is 12.9. The van der Waals surface area contributed by atoms with Crippen LogP contribution in [-0.4, -0.2) is 32.0 Å². The summed E-state index contributed by atoms with van der Waals surface area (Å²) in [6.07, 6.45) is 0. The maximum absolute atomic E-state index is 5.91. The number of hydrogen-bond acceptors (Lipinski definition) is 2. The molecule has 0 bridgehead atoms. The van der Waals surface area contributed by atoms with Crippen molar-refractivity contribution >= 4 is 11.6 Å².